The number of hydrogen-bond acceptors (Lipinski definition) is 2. The standard InChI is InChI=1S/C15H16BrNO/c1-11(17)13-5-3-7-15(9-13)18-10-12-4-2-6-14(16)8-12/h2-9,11H,10,17H2,1H3/t11-/m1/s1. The molecule has 2 aromatic carbocycles. The van der Waals surface area contributed by atoms with Crippen molar-refractivity contribution < 1.29 is 4.74 Å². The number of halogens is 1. The summed E-state index contributed by atoms with van der Waals surface area (Å²) in [7, 11) is 0. The van der Waals surface area contributed by atoms with Gasteiger partial charge in [-0.3, -0.25) is 0 Å². The smallest absolute Gasteiger partial charge is 0.120 e. The molecule has 0 radical (unpaired) electrons. The molecular formula is C15H16BrNO. The molecule has 1 atom stereocenters. The minimum atomic E-state index is 0.0272. The van der Waals surface area contributed by atoms with E-state index in [9.17, 15) is 0 Å². The Kier molecular flexibility index (Phi) is 4.39. The first kappa shape index (κ1) is 13.1. The van der Waals surface area contributed by atoms with Crippen LogP contribution in [-0.4, -0.2) is 0 Å². The van der Waals surface area contributed by atoms with Crippen molar-refractivity contribution in [1.82, 2.24) is 0 Å². The van der Waals surface area contributed by atoms with Gasteiger partial charge in [0, 0.05) is 10.5 Å². The topological polar surface area (TPSA) is 35.2 Å². The second kappa shape index (κ2) is 6.03. The van der Waals surface area contributed by atoms with Crippen LogP contribution in [0, 0.1) is 0 Å². The van der Waals surface area contributed by atoms with Gasteiger partial charge in [-0.15, -0.1) is 0 Å². The Bertz CT molecular complexity index is 525. The summed E-state index contributed by atoms with van der Waals surface area (Å²) in [5, 5.41) is 0. The van der Waals surface area contributed by atoms with Crippen molar-refractivity contribution in [3.05, 3.63) is 64.1 Å². The van der Waals surface area contributed by atoms with Gasteiger partial charge in [-0.05, 0) is 42.3 Å². The Hall–Kier alpha value is -1.32. The van der Waals surface area contributed by atoms with Crippen LogP contribution in [0.3, 0.4) is 0 Å². The summed E-state index contributed by atoms with van der Waals surface area (Å²) in [6.07, 6.45) is 0. The minimum absolute atomic E-state index is 0.0272. The van der Waals surface area contributed by atoms with E-state index < -0.39 is 0 Å². The molecule has 0 saturated carbocycles. The zero-order chi connectivity index (χ0) is 13.0. The summed E-state index contributed by atoms with van der Waals surface area (Å²) in [5.41, 5.74) is 8.07. The maximum absolute atomic E-state index is 5.85. The average Bonchev–Trinajstić information content (AvgIpc) is 2.37. The molecule has 0 aromatic heterocycles. The molecule has 0 aliphatic heterocycles. The van der Waals surface area contributed by atoms with Gasteiger partial charge in [0.2, 0.25) is 0 Å². The van der Waals surface area contributed by atoms with E-state index in [0.717, 1.165) is 21.3 Å². The molecular weight excluding hydrogens is 290 g/mol. The number of ether oxygens (including phenoxy) is 1. The maximum Gasteiger partial charge on any atom is 0.120 e. The van der Waals surface area contributed by atoms with Crippen LogP contribution in [-0.2, 0) is 6.61 Å². The van der Waals surface area contributed by atoms with E-state index in [2.05, 4.69) is 22.0 Å². The highest BCUT2D eigenvalue weighted by Gasteiger charge is 2.01. The molecule has 0 aliphatic carbocycles. The second-order valence-corrected chi connectivity index (χ2v) is 5.20. The molecule has 2 N–H and O–H groups in total. The molecule has 0 fully saturated rings. The van der Waals surface area contributed by atoms with E-state index in [0.29, 0.717) is 6.61 Å². The lowest BCUT2D eigenvalue weighted by Gasteiger charge is -2.10. The van der Waals surface area contributed by atoms with Crippen LogP contribution >= 0.6 is 15.9 Å². The van der Waals surface area contributed by atoms with Gasteiger partial charge < -0.3 is 10.5 Å². The largest absolute Gasteiger partial charge is 0.489 e. The molecule has 18 heavy (non-hydrogen) atoms. The van der Waals surface area contributed by atoms with Gasteiger partial charge in [0.05, 0.1) is 0 Å². The van der Waals surface area contributed by atoms with Crippen LogP contribution in [0.5, 0.6) is 5.75 Å². The highest BCUT2D eigenvalue weighted by atomic mass is 79.9. The van der Waals surface area contributed by atoms with Crippen molar-refractivity contribution in [2.45, 2.75) is 19.6 Å². The van der Waals surface area contributed by atoms with Gasteiger partial charge >= 0.3 is 0 Å². The summed E-state index contributed by atoms with van der Waals surface area (Å²) in [4.78, 5) is 0. The van der Waals surface area contributed by atoms with Crippen LogP contribution in [0.1, 0.15) is 24.1 Å². The fraction of sp³-hybridized carbons (Fsp3) is 0.200. The highest BCUT2D eigenvalue weighted by Crippen LogP contribution is 2.19. The molecule has 2 rings (SSSR count). The predicted octanol–water partition coefficient (Wildman–Crippen LogP) is 4.05. The lowest BCUT2D eigenvalue weighted by atomic mass is 10.1. The van der Waals surface area contributed by atoms with Crippen LogP contribution < -0.4 is 10.5 Å². The molecule has 0 bridgehead atoms. The number of rotatable bonds is 4. The van der Waals surface area contributed by atoms with Gasteiger partial charge in [-0.25, -0.2) is 0 Å². The van der Waals surface area contributed by atoms with Crippen molar-refractivity contribution >= 4 is 15.9 Å². The fourth-order valence-electron chi connectivity index (χ4n) is 1.68. The Balaban J connectivity index is 2.04. The first-order valence-electron chi connectivity index (χ1n) is 5.88. The first-order chi connectivity index (χ1) is 8.65. The summed E-state index contributed by atoms with van der Waals surface area (Å²) in [5.74, 6) is 0.852. The Morgan fingerprint density at radius 2 is 1.94 bits per heavy atom. The van der Waals surface area contributed by atoms with Gasteiger partial charge in [0.25, 0.3) is 0 Å². The summed E-state index contributed by atoms with van der Waals surface area (Å²) < 4.78 is 6.82. The molecule has 2 aromatic rings. The number of nitrogens with two attached hydrogens (primary N) is 1. The summed E-state index contributed by atoms with van der Waals surface area (Å²) in [6, 6.07) is 16.0. The highest BCUT2D eigenvalue weighted by molar-refractivity contribution is 9.10. The average molecular weight is 306 g/mol. The van der Waals surface area contributed by atoms with E-state index in [1.165, 1.54) is 0 Å². The molecule has 0 saturated heterocycles. The molecule has 94 valence electrons. The van der Waals surface area contributed by atoms with E-state index in [-0.39, 0.29) is 6.04 Å². The second-order valence-electron chi connectivity index (χ2n) is 4.28. The summed E-state index contributed by atoms with van der Waals surface area (Å²) >= 11 is 3.45. The summed E-state index contributed by atoms with van der Waals surface area (Å²) in [6.45, 7) is 2.52. The quantitative estimate of drug-likeness (QED) is 0.925. The van der Waals surface area contributed by atoms with Gasteiger partial charge in [-0.2, -0.15) is 0 Å². The Labute approximate surface area is 116 Å². The van der Waals surface area contributed by atoms with Crippen molar-refractivity contribution in [2.24, 2.45) is 5.73 Å². The zero-order valence-electron chi connectivity index (χ0n) is 10.3. The van der Waals surface area contributed by atoms with Crippen molar-refractivity contribution in [3.8, 4) is 5.75 Å². The molecule has 3 heteroatoms. The first-order valence-corrected chi connectivity index (χ1v) is 6.67. The third-order valence-corrected chi connectivity index (χ3v) is 3.17. The maximum atomic E-state index is 5.85. The zero-order valence-corrected chi connectivity index (χ0v) is 11.9. The normalized spacial score (nSPS) is 12.2. The van der Waals surface area contributed by atoms with Crippen molar-refractivity contribution in [3.63, 3.8) is 0 Å². The van der Waals surface area contributed by atoms with Crippen LogP contribution in [0.4, 0.5) is 0 Å². The van der Waals surface area contributed by atoms with E-state index in [1.54, 1.807) is 0 Å². The molecule has 0 heterocycles. The van der Waals surface area contributed by atoms with Crippen LogP contribution in [0.15, 0.2) is 53.0 Å². The lowest BCUT2D eigenvalue weighted by molar-refractivity contribution is 0.305. The fourth-order valence-corrected chi connectivity index (χ4v) is 2.13. The SMILES string of the molecule is C[C@@H](N)c1cccc(OCc2cccc(Br)c2)c1. The van der Waals surface area contributed by atoms with E-state index >= 15 is 0 Å². The number of hydrogen-bond donors (Lipinski definition) is 1. The monoisotopic (exact) mass is 305 g/mol. The van der Waals surface area contributed by atoms with Crippen LogP contribution in [0.25, 0.3) is 0 Å². The molecule has 2 nitrogen and oxygen atoms in total. The van der Waals surface area contributed by atoms with Gasteiger partial charge in [-0.1, -0.05) is 40.2 Å². The molecule has 0 spiro atoms. The molecule has 0 aliphatic rings. The Morgan fingerprint density at radius 3 is 2.67 bits per heavy atom. The van der Waals surface area contributed by atoms with Crippen molar-refractivity contribution in [2.75, 3.05) is 0 Å². The third kappa shape index (κ3) is 3.59. The van der Waals surface area contributed by atoms with E-state index in [4.69, 9.17) is 10.5 Å². The predicted molar refractivity (Wildman–Crippen MR) is 77.5 cm³/mol. The molecule has 0 amide bonds. The number of benzene rings is 2. The van der Waals surface area contributed by atoms with Gasteiger partial charge in [0.1, 0.15) is 12.4 Å². The minimum Gasteiger partial charge on any atom is -0.489 e. The molecule has 0 unspecified atom stereocenters. The lowest BCUT2D eigenvalue weighted by Crippen LogP contribution is -2.05. The third-order valence-electron chi connectivity index (χ3n) is 2.68. The van der Waals surface area contributed by atoms with E-state index in [1.807, 2.05) is 49.4 Å². The van der Waals surface area contributed by atoms with Crippen LogP contribution in [0.2, 0.25) is 0 Å². The Morgan fingerprint density at radius 1 is 1.17 bits per heavy atom. The van der Waals surface area contributed by atoms with Gasteiger partial charge in [0.15, 0.2) is 0 Å². The van der Waals surface area contributed by atoms with Crippen molar-refractivity contribution in [1.29, 1.82) is 0 Å².